The number of ether oxygens (including phenoxy) is 1. The number of hydrogen-bond donors (Lipinski definition) is 5. The molecule has 9 nitrogen and oxygen atoms in total. The van der Waals surface area contributed by atoms with Gasteiger partial charge in [-0.3, -0.25) is 9.36 Å². The number of nitrogens with two attached hydrogens (primary N) is 2. The topological polar surface area (TPSA) is 157 Å². The lowest BCUT2D eigenvalue weighted by Gasteiger charge is -2.17. The Labute approximate surface area is 102 Å². The highest BCUT2D eigenvalue weighted by molar-refractivity contribution is 5.95. The molecular weight excluding hydrogens is 244 g/mol. The lowest BCUT2D eigenvalue weighted by molar-refractivity contribution is -0.0518. The highest BCUT2D eigenvalue weighted by atomic mass is 16.6. The molecule has 1 aromatic heterocycles. The molecule has 0 radical (unpaired) electrons. The Morgan fingerprint density at radius 1 is 1.50 bits per heavy atom. The Morgan fingerprint density at radius 3 is 2.61 bits per heavy atom. The summed E-state index contributed by atoms with van der Waals surface area (Å²) in [5, 5.41) is 28.3. The van der Waals surface area contributed by atoms with Crippen molar-refractivity contribution in [3.8, 4) is 0 Å². The smallest absolute Gasteiger partial charge is 0.271 e. The van der Waals surface area contributed by atoms with E-state index in [4.69, 9.17) is 21.3 Å². The first kappa shape index (κ1) is 12.8. The number of anilines is 1. The number of aliphatic hydroxyl groups is 3. The summed E-state index contributed by atoms with van der Waals surface area (Å²) >= 11 is 0. The molecule has 1 aliphatic heterocycles. The van der Waals surface area contributed by atoms with Gasteiger partial charge in [-0.25, -0.2) is 4.98 Å². The van der Waals surface area contributed by atoms with Gasteiger partial charge in [0.1, 0.15) is 24.1 Å². The van der Waals surface area contributed by atoms with E-state index < -0.39 is 37.1 Å². The van der Waals surface area contributed by atoms with Crippen LogP contribution in [0.25, 0.3) is 0 Å². The Kier molecular flexibility index (Phi) is 3.22. The van der Waals surface area contributed by atoms with Crippen LogP contribution >= 0.6 is 0 Å². The minimum absolute atomic E-state index is 0.0719. The maximum Gasteiger partial charge on any atom is 0.271 e. The molecule has 18 heavy (non-hydrogen) atoms. The number of rotatable bonds is 3. The van der Waals surface area contributed by atoms with Crippen molar-refractivity contribution in [2.24, 2.45) is 5.73 Å². The summed E-state index contributed by atoms with van der Waals surface area (Å²) in [5.74, 6) is -0.879. The summed E-state index contributed by atoms with van der Waals surface area (Å²) in [6.07, 6.45) is -3.32. The van der Waals surface area contributed by atoms with Gasteiger partial charge in [0.2, 0.25) is 0 Å². The average Bonchev–Trinajstić information content (AvgIpc) is 2.82. The first-order chi connectivity index (χ1) is 8.47. The van der Waals surface area contributed by atoms with Crippen molar-refractivity contribution in [1.29, 1.82) is 0 Å². The van der Waals surface area contributed by atoms with Gasteiger partial charge in [-0.2, -0.15) is 0 Å². The molecule has 2 heterocycles. The first-order valence-electron chi connectivity index (χ1n) is 5.22. The van der Waals surface area contributed by atoms with Crippen LogP contribution in [0, 0.1) is 0 Å². The third-order valence-corrected chi connectivity index (χ3v) is 2.86. The maximum atomic E-state index is 11.0. The molecule has 1 amide bonds. The summed E-state index contributed by atoms with van der Waals surface area (Å²) in [4.78, 5) is 14.7. The molecule has 2 rings (SSSR count). The normalized spacial score (nSPS) is 31.7. The zero-order valence-corrected chi connectivity index (χ0v) is 9.30. The van der Waals surface area contributed by atoms with Crippen LogP contribution in [0.5, 0.6) is 0 Å². The molecule has 9 heteroatoms. The molecule has 100 valence electrons. The largest absolute Gasteiger partial charge is 0.394 e. The Hall–Kier alpha value is -1.68. The molecule has 0 unspecified atom stereocenters. The second-order valence-electron chi connectivity index (χ2n) is 3.98. The number of hydrogen-bond acceptors (Lipinski definition) is 7. The molecule has 0 saturated carbocycles. The van der Waals surface area contributed by atoms with Gasteiger partial charge in [-0.15, -0.1) is 0 Å². The number of amides is 1. The van der Waals surface area contributed by atoms with Crippen LogP contribution in [0.1, 0.15) is 16.7 Å². The molecule has 1 fully saturated rings. The zero-order valence-electron chi connectivity index (χ0n) is 9.30. The minimum atomic E-state index is -1.29. The maximum absolute atomic E-state index is 11.0. The van der Waals surface area contributed by atoms with Gasteiger partial charge in [0, 0.05) is 0 Å². The predicted octanol–water partition coefficient (Wildman–Crippen LogP) is -2.82. The lowest BCUT2D eigenvalue weighted by Crippen LogP contribution is -2.33. The van der Waals surface area contributed by atoms with E-state index in [0.29, 0.717) is 0 Å². The molecule has 0 aromatic carbocycles. The third kappa shape index (κ3) is 1.82. The van der Waals surface area contributed by atoms with Crippen LogP contribution in [-0.2, 0) is 4.74 Å². The Bertz CT molecular complexity index is 462. The number of nitrogens with zero attached hydrogens (tertiary/aromatic N) is 2. The van der Waals surface area contributed by atoms with Crippen molar-refractivity contribution < 1.29 is 24.9 Å². The molecule has 1 saturated heterocycles. The average molecular weight is 258 g/mol. The van der Waals surface area contributed by atoms with E-state index >= 15 is 0 Å². The van der Waals surface area contributed by atoms with Crippen LogP contribution in [0.3, 0.4) is 0 Å². The SMILES string of the molecule is NC(=O)c1ncn([C@H]2O[C@@H](CO)[C@@H](O)[C@@H]2O)c1N. The van der Waals surface area contributed by atoms with Gasteiger partial charge in [-0.05, 0) is 0 Å². The number of aliphatic hydroxyl groups excluding tert-OH is 3. The first-order valence-corrected chi connectivity index (χ1v) is 5.22. The van der Waals surface area contributed by atoms with Crippen LogP contribution in [-0.4, -0.2) is 55.7 Å². The van der Waals surface area contributed by atoms with Gasteiger partial charge in [0.15, 0.2) is 11.9 Å². The van der Waals surface area contributed by atoms with Crippen LogP contribution in [0.15, 0.2) is 6.33 Å². The predicted molar refractivity (Wildman–Crippen MR) is 58.2 cm³/mol. The molecule has 7 N–H and O–H groups in total. The monoisotopic (exact) mass is 258 g/mol. The highest BCUT2D eigenvalue weighted by Gasteiger charge is 2.44. The number of aromatic nitrogens is 2. The Balaban J connectivity index is 2.30. The summed E-state index contributed by atoms with van der Waals surface area (Å²) < 4.78 is 6.42. The molecule has 1 aliphatic rings. The van der Waals surface area contributed by atoms with Crippen molar-refractivity contribution in [2.75, 3.05) is 12.3 Å². The highest BCUT2D eigenvalue weighted by Crippen LogP contribution is 2.31. The zero-order chi connectivity index (χ0) is 13.4. The van der Waals surface area contributed by atoms with Gasteiger partial charge >= 0.3 is 0 Å². The molecule has 1 aromatic rings. The fourth-order valence-corrected chi connectivity index (χ4v) is 1.87. The molecular formula is C9H14N4O5. The number of imidazole rings is 1. The fourth-order valence-electron chi connectivity index (χ4n) is 1.87. The van der Waals surface area contributed by atoms with E-state index in [-0.39, 0.29) is 11.5 Å². The summed E-state index contributed by atoms with van der Waals surface area (Å²) in [7, 11) is 0. The lowest BCUT2D eigenvalue weighted by atomic mass is 10.1. The van der Waals surface area contributed by atoms with Crippen molar-refractivity contribution in [3.63, 3.8) is 0 Å². The van der Waals surface area contributed by atoms with Crippen LogP contribution in [0.2, 0.25) is 0 Å². The van der Waals surface area contributed by atoms with E-state index in [1.807, 2.05) is 0 Å². The Morgan fingerprint density at radius 2 is 2.17 bits per heavy atom. The minimum Gasteiger partial charge on any atom is -0.394 e. The number of carbonyl (C=O) groups excluding carboxylic acids is 1. The second-order valence-corrected chi connectivity index (χ2v) is 3.98. The van der Waals surface area contributed by atoms with Crippen molar-refractivity contribution >= 4 is 11.7 Å². The molecule has 0 aliphatic carbocycles. The molecule has 0 bridgehead atoms. The quantitative estimate of drug-likeness (QED) is 0.391. The van der Waals surface area contributed by atoms with E-state index in [2.05, 4.69) is 4.98 Å². The summed E-state index contributed by atoms with van der Waals surface area (Å²) in [6.45, 7) is -0.452. The number of primary amides is 1. The van der Waals surface area contributed by atoms with E-state index in [0.717, 1.165) is 0 Å². The summed E-state index contributed by atoms with van der Waals surface area (Å²) in [6, 6.07) is 0. The van der Waals surface area contributed by atoms with E-state index in [1.54, 1.807) is 0 Å². The van der Waals surface area contributed by atoms with E-state index in [1.165, 1.54) is 10.9 Å². The summed E-state index contributed by atoms with van der Waals surface area (Å²) in [5.41, 5.74) is 10.6. The van der Waals surface area contributed by atoms with Crippen LogP contribution in [0.4, 0.5) is 5.82 Å². The fraction of sp³-hybridized carbons (Fsp3) is 0.556. The van der Waals surface area contributed by atoms with Gasteiger partial charge in [0.25, 0.3) is 5.91 Å². The number of carbonyl (C=O) groups is 1. The van der Waals surface area contributed by atoms with E-state index in [9.17, 15) is 15.0 Å². The van der Waals surface area contributed by atoms with Crippen molar-refractivity contribution in [1.82, 2.24) is 9.55 Å². The molecule has 4 atom stereocenters. The number of nitrogen functional groups attached to an aromatic ring is 1. The van der Waals surface area contributed by atoms with Crippen molar-refractivity contribution in [2.45, 2.75) is 24.5 Å². The van der Waals surface area contributed by atoms with Gasteiger partial charge < -0.3 is 31.5 Å². The van der Waals surface area contributed by atoms with Gasteiger partial charge in [-0.1, -0.05) is 0 Å². The third-order valence-electron chi connectivity index (χ3n) is 2.86. The van der Waals surface area contributed by atoms with Crippen LogP contribution < -0.4 is 11.5 Å². The van der Waals surface area contributed by atoms with Crippen molar-refractivity contribution in [3.05, 3.63) is 12.0 Å². The van der Waals surface area contributed by atoms with Gasteiger partial charge in [0.05, 0.1) is 12.9 Å². The molecule has 0 spiro atoms. The second kappa shape index (κ2) is 4.53. The standard InChI is InChI=1S/C9H14N4O5/c10-7-4(8(11)17)12-2-13(7)9-6(16)5(15)3(1-14)18-9/h2-3,5-6,9,14-16H,1,10H2,(H2,11,17)/t3-,5+,6-,9-/m0/s1.